The fourth-order valence-corrected chi connectivity index (χ4v) is 2.31. The molecule has 2 aromatic carbocycles. The molecule has 1 heterocycles. The van der Waals surface area contributed by atoms with Crippen LogP contribution in [0.5, 0.6) is 5.75 Å². The highest BCUT2D eigenvalue weighted by Crippen LogP contribution is 2.29. The molecule has 0 unspecified atom stereocenters. The van der Waals surface area contributed by atoms with Crippen LogP contribution in [0.15, 0.2) is 48.5 Å². The number of carbonyl (C=O) groups excluding carboxylic acids is 2. The number of hydrogen-bond donors (Lipinski definition) is 2. The molecule has 0 bridgehead atoms. The molecule has 1 aliphatic heterocycles. The number of amides is 3. The highest BCUT2D eigenvalue weighted by atomic mass is 16.5. The largest absolute Gasteiger partial charge is 0.497 e. The zero-order chi connectivity index (χ0) is 18.2. The molecule has 3 amide bonds. The number of anilines is 3. The Bertz CT molecular complexity index is 746. The predicted octanol–water partition coefficient (Wildman–Crippen LogP) is 4.10. The number of para-hydroxylation sites is 2. The molecule has 0 spiro atoms. The van der Waals surface area contributed by atoms with Gasteiger partial charge in [0.1, 0.15) is 12.3 Å². The summed E-state index contributed by atoms with van der Waals surface area (Å²) in [6, 6.07) is 13.9. The molecule has 25 heavy (non-hydrogen) atoms. The number of hydrogen-bond acceptors (Lipinski definition) is 3. The average Bonchev–Trinajstić information content (AvgIpc) is 2.61. The van der Waals surface area contributed by atoms with Crippen LogP contribution in [-0.4, -0.2) is 25.6 Å². The average molecular weight is 341 g/mol. The van der Waals surface area contributed by atoms with Crippen molar-refractivity contribution in [3.05, 3.63) is 48.5 Å². The molecule has 0 aromatic heterocycles. The number of benzene rings is 2. The molecule has 0 aliphatic carbocycles. The highest BCUT2D eigenvalue weighted by Gasteiger charge is 2.26. The lowest BCUT2D eigenvalue weighted by atomic mass is 10.2. The van der Waals surface area contributed by atoms with E-state index < -0.39 is 0 Å². The van der Waals surface area contributed by atoms with Gasteiger partial charge in [0.2, 0.25) is 5.91 Å². The first-order chi connectivity index (χ1) is 12.1. The van der Waals surface area contributed by atoms with Gasteiger partial charge >= 0.3 is 6.03 Å². The molecule has 132 valence electrons. The number of ether oxygens (including phenoxy) is 1. The number of urea groups is 1. The van der Waals surface area contributed by atoms with Gasteiger partial charge in [-0.15, -0.1) is 0 Å². The summed E-state index contributed by atoms with van der Waals surface area (Å²) >= 11 is 0. The van der Waals surface area contributed by atoms with Gasteiger partial charge in [-0.2, -0.15) is 0 Å². The third kappa shape index (κ3) is 4.73. The van der Waals surface area contributed by atoms with Crippen molar-refractivity contribution in [2.24, 2.45) is 0 Å². The normalized spacial score (nSPS) is 12.3. The van der Waals surface area contributed by atoms with Gasteiger partial charge < -0.3 is 15.4 Å². The molecule has 0 radical (unpaired) electrons. The van der Waals surface area contributed by atoms with Crippen molar-refractivity contribution in [1.29, 1.82) is 0 Å². The van der Waals surface area contributed by atoms with E-state index in [0.717, 1.165) is 0 Å². The zero-order valence-corrected chi connectivity index (χ0v) is 14.7. The van der Waals surface area contributed by atoms with Crippen LogP contribution in [-0.2, 0) is 4.79 Å². The molecule has 2 aromatic rings. The summed E-state index contributed by atoms with van der Waals surface area (Å²) in [5, 5.41) is 5.52. The molecule has 6 heteroatoms. The summed E-state index contributed by atoms with van der Waals surface area (Å²) in [5.41, 5.74) is 1.90. The summed E-state index contributed by atoms with van der Waals surface area (Å²) in [5.74, 6) is 0.425. The summed E-state index contributed by atoms with van der Waals surface area (Å²) in [7, 11) is 1.56. The van der Waals surface area contributed by atoms with Gasteiger partial charge in [-0.1, -0.05) is 38.5 Å². The number of fused-ring (bicyclic) bond motifs is 1. The smallest absolute Gasteiger partial charge is 0.326 e. The number of methoxy groups -OCH3 is 1. The number of carbonyl (C=O) groups is 2. The van der Waals surface area contributed by atoms with E-state index in [2.05, 4.69) is 24.5 Å². The Morgan fingerprint density at radius 1 is 1.20 bits per heavy atom. The Labute approximate surface area is 147 Å². The maximum atomic E-state index is 12.5. The van der Waals surface area contributed by atoms with Crippen LogP contribution < -0.4 is 20.3 Å². The first-order valence-corrected chi connectivity index (χ1v) is 8.20. The minimum absolute atomic E-state index is 0.0210. The van der Waals surface area contributed by atoms with E-state index in [1.54, 1.807) is 43.5 Å². The first-order valence-electron chi connectivity index (χ1n) is 8.20. The van der Waals surface area contributed by atoms with Crippen molar-refractivity contribution in [2.75, 3.05) is 29.2 Å². The predicted molar refractivity (Wildman–Crippen MR) is 100 cm³/mol. The van der Waals surface area contributed by atoms with E-state index in [0.29, 0.717) is 22.8 Å². The van der Waals surface area contributed by atoms with E-state index in [4.69, 9.17) is 4.74 Å². The summed E-state index contributed by atoms with van der Waals surface area (Å²) in [6.07, 6.45) is 1.25. The maximum absolute atomic E-state index is 12.5. The van der Waals surface area contributed by atoms with Gasteiger partial charge in [-0.05, 0) is 24.3 Å². The van der Waals surface area contributed by atoms with E-state index >= 15 is 0 Å². The van der Waals surface area contributed by atoms with Gasteiger partial charge in [0, 0.05) is 11.8 Å². The monoisotopic (exact) mass is 341 g/mol. The molecular weight excluding hydrogens is 318 g/mol. The fourth-order valence-electron chi connectivity index (χ4n) is 2.31. The number of nitrogens with one attached hydrogen (secondary N) is 2. The Morgan fingerprint density at radius 2 is 1.92 bits per heavy atom. The molecule has 6 nitrogen and oxygen atoms in total. The van der Waals surface area contributed by atoms with Crippen LogP contribution in [0.3, 0.4) is 0 Å². The summed E-state index contributed by atoms with van der Waals surface area (Å²) < 4.78 is 5.13. The van der Waals surface area contributed by atoms with Crippen LogP contribution >= 0.6 is 0 Å². The Morgan fingerprint density at radius 3 is 2.64 bits per heavy atom. The maximum Gasteiger partial charge on any atom is 0.326 e. The second kappa shape index (κ2) is 8.73. The van der Waals surface area contributed by atoms with Crippen molar-refractivity contribution >= 4 is 29.0 Å². The third-order valence-corrected chi connectivity index (χ3v) is 3.34. The van der Waals surface area contributed by atoms with Gasteiger partial charge in [0.25, 0.3) is 0 Å². The van der Waals surface area contributed by atoms with Gasteiger partial charge in [0.05, 0.1) is 18.5 Å². The van der Waals surface area contributed by atoms with Crippen LogP contribution in [0.1, 0.15) is 20.3 Å². The van der Waals surface area contributed by atoms with Crippen molar-refractivity contribution in [3.63, 3.8) is 0 Å². The Kier molecular flexibility index (Phi) is 6.39. The van der Waals surface area contributed by atoms with E-state index in [9.17, 15) is 9.59 Å². The van der Waals surface area contributed by atoms with Crippen LogP contribution in [0, 0.1) is 0 Å². The summed E-state index contributed by atoms with van der Waals surface area (Å²) in [4.78, 5) is 25.6. The quantitative estimate of drug-likeness (QED) is 0.864. The van der Waals surface area contributed by atoms with Gasteiger partial charge in [-0.3, -0.25) is 9.69 Å². The first kappa shape index (κ1) is 18.3. The third-order valence-electron chi connectivity index (χ3n) is 3.34. The minimum atomic E-state index is -0.365. The fraction of sp³-hybridized carbons (Fsp3) is 0.263. The van der Waals surface area contributed by atoms with E-state index in [-0.39, 0.29) is 18.5 Å². The SMILES string of the molecule is CCC.COc1cccc(NC(=O)N2CC(=O)Nc3ccccc32)c1. The molecular formula is C19H23N3O3. The number of nitrogens with zero attached hydrogens (tertiary/aromatic N) is 1. The van der Waals surface area contributed by atoms with Crippen molar-refractivity contribution in [1.82, 2.24) is 0 Å². The van der Waals surface area contributed by atoms with Crippen molar-refractivity contribution in [3.8, 4) is 5.75 Å². The lowest BCUT2D eigenvalue weighted by molar-refractivity contribution is -0.115. The van der Waals surface area contributed by atoms with Crippen molar-refractivity contribution in [2.45, 2.75) is 20.3 Å². The molecule has 0 fully saturated rings. The van der Waals surface area contributed by atoms with Crippen LogP contribution in [0.2, 0.25) is 0 Å². The van der Waals surface area contributed by atoms with Crippen LogP contribution in [0.25, 0.3) is 0 Å². The Hall–Kier alpha value is -3.02. The second-order valence-corrected chi connectivity index (χ2v) is 5.52. The van der Waals surface area contributed by atoms with E-state index in [1.165, 1.54) is 11.3 Å². The van der Waals surface area contributed by atoms with Crippen molar-refractivity contribution < 1.29 is 14.3 Å². The Balaban J connectivity index is 0.000000701. The number of rotatable bonds is 2. The lowest BCUT2D eigenvalue weighted by Crippen LogP contribution is -2.44. The topological polar surface area (TPSA) is 70.7 Å². The molecule has 0 saturated heterocycles. The molecule has 3 rings (SSSR count). The second-order valence-electron chi connectivity index (χ2n) is 5.52. The zero-order valence-electron chi connectivity index (χ0n) is 14.7. The molecule has 1 aliphatic rings. The minimum Gasteiger partial charge on any atom is -0.497 e. The highest BCUT2D eigenvalue weighted by molar-refractivity contribution is 6.12. The van der Waals surface area contributed by atoms with Gasteiger partial charge in [-0.25, -0.2) is 4.79 Å². The summed E-state index contributed by atoms with van der Waals surface area (Å²) in [6.45, 7) is 4.23. The molecule has 0 atom stereocenters. The lowest BCUT2D eigenvalue weighted by Gasteiger charge is -2.29. The molecule has 2 N–H and O–H groups in total. The van der Waals surface area contributed by atoms with Crippen LogP contribution in [0.4, 0.5) is 21.9 Å². The van der Waals surface area contributed by atoms with Gasteiger partial charge in [0.15, 0.2) is 0 Å². The van der Waals surface area contributed by atoms with E-state index in [1.807, 2.05) is 12.1 Å². The molecule has 0 saturated carbocycles. The standard InChI is InChI=1S/C16H15N3O3.C3H8/c1-22-12-6-4-5-11(9-12)17-16(21)19-10-15(20)18-13-7-2-3-8-14(13)19;1-3-2/h2-9H,10H2,1H3,(H,17,21)(H,18,20);3H2,1-2H3.